The van der Waals surface area contributed by atoms with Crippen molar-refractivity contribution in [3.05, 3.63) is 77.7 Å². The van der Waals surface area contributed by atoms with Crippen LogP contribution in [0.3, 0.4) is 0 Å². The molecule has 36 heavy (non-hydrogen) atoms. The molecule has 10 heteroatoms. The summed E-state index contributed by atoms with van der Waals surface area (Å²) in [5, 5.41) is 0.610. The maximum absolute atomic E-state index is 16.6. The lowest BCUT2D eigenvalue weighted by molar-refractivity contribution is -0.145. The molecule has 0 fully saturated rings. The van der Waals surface area contributed by atoms with E-state index in [1.165, 1.54) is 36.5 Å². The van der Waals surface area contributed by atoms with E-state index in [-0.39, 0.29) is 24.5 Å². The highest BCUT2D eigenvalue weighted by Crippen LogP contribution is 2.62. The summed E-state index contributed by atoms with van der Waals surface area (Å²) in [5.74, 6) is -1.00. The Bertz CT molecular complexity index is 1280. The van der Waals surface area contributed by atoms with Crippen molar-refractivity contribution < 1.29 is 32.5 Å². The van der Waals surface area contributed by atoms with Crippen LogP contribution in [0.5, 0.6) is 5.75 Å². The molecule has 2 aromatic carbocycles. The lowest BCUT2D eigenvalue weighted by Crippen LogP contribution is -2.39. The molecular formula is C26H29FNO6PS. The monoisotopic (exact) mass is 533 g/mol. The van der Waals surface area contributed by atoms with E-state index in [2.05, 4.69) is 11.7 Å². The summed E-state index contributed by atoms with van der Waals surface area (Å²) < 4.78 is 47.4. The molecule has 0 aliphatic carbocycles. The van der Waals surface area contributed by atoms with Crippen LogP contribution in [0.2, 0.25) is 0 Å². The number of halogens is 1. The molecule has 0 saturated carbocycles. The van der Waals surface area contributed by atoms with E-state index >= 15 is 4.39 Å². The van der Waals surface area contributed by atoms with Gasteiger partial charge in [0.05, 0.1) is 6.61 Å². The zero-order chi connectivity index (χ0) is 26.3. The maximum Gasteiger partial charge on any atom is 0.358 e. The molecule has 1 heterocycles. The van der Waals surface area contributed by atoms with Crippen molar-refractivity contribution >= 4 is 40.9 Å². The summed E-state index contributed by atoms with van der Waals surface area (Å²) in [7, 11) is -4.43. The van der Waals surface area contributed by atoms with Crippen molar-refractivity contribution in [1.29, 1.82) is 0 Å². The SMILES string of the molecule is C=CCOC(=O)c1cc2cc(C(C)(F)P(=O)(N[C@@H](C)C(=O)OCCC)Oc3ccccc3)ccc2s1. The summed E-state index contributed by atoms with van der Waals surface area (Å²) >= 11 is 1.20. The predicted molar refractivity (Wildman–Crippen MR) is 139 cm³/mol. The van der Waals surface area contributed by atoms with Crippen LogP contribution < -0.4 is 9.61 Å². The van der Waals surface area contributed by atoms with Gasteiger partial charge in [0.15, 0.2) is 0 Å². The van der Waals surface area contributed by atoms with Gasteiger partial charge < -0.3 is 14.0 Å². The van der Waals surface area contributed by atoms with Gasteiger partial charge in [-0.2, -0.15) is 0 Å². The largest absolute Gasteiger partial charge is 0.465 e. The number of hydrogen-bond acceptors (Lipinski definition) is 7. The van der Waals surface area contributed by atoms with E-state index < -0.39 is 30.9 Å². The van der Waals surface area contributed by atoms with Gasteiger partial charge in [0.1, 0.15) is 23.3 Å². The topological polar surface area (TPSA) is 90.9 Å². The third kappa shape index (κ3) is 6.22. The van der Waals surface area contributed by atoms with E-state index in [9.17, 15) is 14.2 Å². The molecule has 0 bridgehead atoms. The Morgan fingerprint density at radius 1 is 1.19 bits per heavy atom. The molecule has 3 atom stereocenters. The minimum absolute atomic E-state index is 0.0553. The highest BCUT2D eigenvalue weighted by atomic mass is 32.1. The van der Waals surface area contributed by atoms with Gasteiger partial charge in [-0.1, -0.05) is 43.8 Å². The maximum atomic E-state index is 16.6. The normalized spacial score (nSPS) is 15.3. The Hall–Kier alpha value is -3.00. The first-order valence-corrected chi connectivity index (χ1v) is 13.9. The average molecular weight is 534 g/mol. The Labute approximate surface area is 213 Å². The number of benzene rings is 2. The third-order valence-corrected chi connectivity index (χ3v) is 8.93. The molecular weight excluding hydrogens is 504 g/mol. The van der Waals surface area contributed by atoms with Crippen molar-refractivity contribution in [3.8, 4) is 5.75 Å². The second-order valence-corrected chi connectivity index (χ2v) is 11.6. The Balaban J connectivity index is 1.98. The van der Waals surface area contributed by atoms with Crippen molar-refractivity contribution in [3.63, 3.8) is 0 Å². The third-order valence-electron chi connectivity index (χ3n) is 5.27. The Morgan fingerprint density at radius 2 is 1.92 bits per heavy atom. The van der Waals surface area contributed by atoms with Crippen molar-refractivity contribution in [1.82, 2.24) is 5.09 Å². The fourth-order valence-electron chi connectivity index (χ4n) is 3.30. The average Bonchev–Trinajstić information content (AvgIpc) is 3.30. The van der Waals surface area contributed by atoms with Gasteiger partial charge in [-0.25, -0.2) is 14.3 Å². The number of hydrogen-bond donors (Lipinski definition) is 1. The predicted octanol–water partition coefficient (Wildman–Crippen LogP) is 6.59. The molecule has 0 saturated heterocycles. The van der Waals surface area contributed by atoms with Crippen LogP contribution in [0, 0.1) is 0 Å². The first-order chi connectivity index (χ1) is 17.1. The van der Waals surface area contributed by atoms with Gasteiger partial charge in [-0.3, -0.25) is 9.36 Å². The van der Waals surface area contributed by atoms with Crippen LogP contribution in [0.1, 0.15) is 42.4 Å². The van der Waals surface area contributed by atoms with Crippen LogP contribution in [0.25, 0.3) is 10.1 Å². The van der Waals surface area contributed by atoms with Gasteiger partial charge >= 0.3 is 19.5 Å². The number of thiophene rings is 1. The number of rotatable bonds is 12. The quantitative estimate of drug-likeness (QED) is 0.160. The van der Waals surface area contributed by atoms with Gasteiger partial charge in [-0.15, -0.1) is 11.3 Å². The van der Waals surface area contributed by atoms with Crippen molar-refractivity contribution in [2.75, 3.05) is 13.2 Å². The smallest absolute Gasteiger partial charge is 0.358 e. The number of carbonyl (C=O) groups is 2. The molecule has 7 nitrogen and oxygen atoms in total. The zero-order valence-electron chi connectivity index (χ0n) is 20.4. The first-order valence-electron chi connectivity index (χ1n) is 11.4. The molecule has 0 aliphatic rings. The fourth-order valence-corrected chi connectivity index (χ4v) is 6.22. The van der Waals surface area contributed by atoms with E-state index in [4.69, 9.17) is 14.0 Å². The summed E-state index contributed by atoms with van der Waals surface area (Å²) in [5.41, 5.74) is 0.0553. The number of ether oxygens (including phenoxy) is 2. The van der Waals surface area contributed by atoms with Crippen LogP contribution >= 0.6 is 18.9 Å². The van der Waals surface area contributed by atoms with E-state index in [1.807, 2.05) is 6.92 Å². The van der Waals surface area contributed by atoms with Crippen LogP contribution in [-0.4, -0.2) is 31.2 Å². The highest BCUT2D eigenvalue weighted by Gasteiger charge is 2.51. The summed E-state index contributed by atoms with van der Waals surface area (Å²) in [6, 6.07) is 13.3. The molecule has 3 rings (SSSR count). The summed E-state index contributed by atoms with van der Waals surface area (Å²) in [6.07, 6.45) is 2.08. The number of fused-ring (bicyclic) bond motifs is 1. The fraction of sp³-hybridized carbons (Fsp3) is 0.308. The molecule has 3 aromatic rings. The van der Waals surface area contributed by atoms with Gasteiger partial charge in [0.25, 0.3) is 0 Å². The molecule has 0 aliphatic heterocycles. The zero-order valence-corrected chi connectivity index (χ0v) is 22.1. The Kier molecular flexibility index (Phi) is 9.06. The minimum Gasteiger partial charge on any atom is -0.465 e. The lowest BCUT2D eigenvalue weighted by Gasteiger charge is -2.33. The number of carbonyl (C=O) groups excluding carboxylic acids is 2. The number of alkyl halides is 1. The molecule has 1 N–H and O–H groups in total. The van der Waals surface area contributed by atoms with Gasteiger partial charge in [0, 0.05) is 10.3 Å². The highest BCUT2D eigenvalue weighted by molar-refractivity contribution is 7.58. The molecule has 192 valence electrons. The summed E-state index contributed by atoms with van der Waals surface area (Å²) in [4.78, 5) is 25.0. The second-order valence-electron chi connectivity index (χ2n) is 8.18. The van der Waals surface area contributed by atoms with Crippen molar-refractivity contribution in [2.24, 2.45) is 0 Å². The van der Waals surface area contributed by atoms with Gasteiger partial charge in [0.2, 0.25) is 5.41 Å². The number of para-hydroxylation sites is 1. The molecule has 1 aromatic heterocycles. The summed E-state index contributed by atoms with van der Waals surface area (Å²) in [6.45, 7) is 8.21. The first kappa shape index (κ1) is 27.6. The van der Waals surface area contributed by atoms with Crippen LogP contribution in [-0.2, 0) is 24.2 Å². The van der Waals surface area contributed by atoms with Crippen molar-refractivity contribution in [2.45, 2.75) is 38.6 Å². The van der Waals surface area contributed by atoms with Crippen LogP contribution in [0.4, 0.5) is 4.39 Å². The lowest BCUT2D eigenvalue weighted by atomic mass is 10.1. The van der Waals surface area contributed by atoms with Gasteiger partial charge in [-0.05, 0) is 56.0 Å². The van der Waals surface area contributed by atoms with E-state index in [0.717, 1.165) is 11.6 Å². The minimum atomic E-state index is -4.43. The number of esters is 2. The molecule has 0 spiro atoms. The molecule has 0 amide bonds. The van der Waals surface area contributed by atoms with Crippen LogP contribution in [0.15, 0.2) is 67.3 Å². The van der Waals surface area contributed by atoms with E-state index in [1.54, 1.807) is 42.5 Å². The Morgan fingerprint density at radius 3 is 2.58 bits per heavy atom. The number of nitrogens with one attached hydrogen (secondary N) is 1. The second kappa shape index (κ2) is 11.8. The standard InChI is InChI=1S/C26H29FNO6PS/c1-5-14-32-24(29)18(3)28-35(31,34-21-10-8-7-9-11-21)26(4,27)20-12-13-22-19(16-20)17-23(36-22)25(30)33-15-6-2/h6-13,16-18H,2,5,14-15H2,1,3-4H3,(H,28,31)/t18-,26?,35?/m0/s1. The molecule has 0 radical (unpaired) electrons. The molecule has 2 unspecified atom stereocenters. The van der Waals surface area contributed by atoms with E-state index in [0.29, 0.717) is 16.7 Å².